The molecule has 1 heterocycles. The monoisotopic (exact) mass is 381 g/mol. The summed E-state index contributed by atoms with van der Waals surface area (Å²) in [6.45, 7) is 2.14. The molecule has 2 amide bonds. The molecule has 0 bridgehead atoms. The van der Waals surface area contributed by atoms with Crippen LogP contribution in [0.25, 0.3) is 0 Å². The molecule has 6 heteroatoms. The second kappa shape index (κ2) is 8.78. The van der Waals surface area contributed by atoms with Gasteiger partial charge in [-0.15, -0.1) is 0 Å². The van der Waals surface area contributed by atoms with E-state index >= 15 is 0 Å². The fourth-order valence-corrected chi connectivity index (χ4v) is 3.37. The Bertz CT molecular complexity index is 841. The summed E-state index contributed by atoms with van der Waals surface area (Å²) < 4.78 is 5.27. The third-order valence-electron chi connectivity index (χ3n) is 4.94. The van der Waals surface area contributed by atoms with E-state index in [4.69, 9.17) is 4.74 Å². The standard InChI is InChI=1S/C22H27N3O3/c1-24(2)22(27)19-15-17(9-12-20(19)28-3)23-21(26)16-7-10-18(11-8-16)25-13-5-4-6-14-25/h7-12,15H,4-6,13-14H2,1-3H3,(H,23,26). The van der Waals surface area contributed by atoms with Crippen molar-refractivity contribution in [2.75, 3.05) is 44.5 Å². The number of ether oxygens (including phenoxy) is 1. The summed E-state index contributed by atoms with van der Waals surface area (Å²) in [5.41, 5.74) is 2.69. The fourth-order valence-electron chi connectivity index (χ4n) is 3.37. The van der Waals surface area contributed by atoms with Crippen molar-refractivity contribution in [2.45, 2.75) is 19.3 Å². The second-order valence-corrected chi connectivity index (χ2v) is 7.16. The molecule has 0 spiro atoms. The molecule has 28 heavy (non-hydrogen) atoms. The maximum atomic E-state index is 12.6. The summed E-state index contributed by atoms with van der Waals surface area (Å²) in [7, 11) is 4.87. The molecule has 3 rings (SSSR count). The van der Waals surface area contributed by atoms with Gasteiger partial charge in [0.1, 0.15) is 5.75 Å². The lowest BCUT2D eigenvalue weighted by atomic mass is 10.1. The number of nitrogens with zero attached hydrogens (tertiary/aromatic N) is 2. The largest absolute Gasteiger partial charge is 0.496 e. The van der Waals surface area contributed by atoms with E-state index in [1.54, 1.807) is 32.3 Å². The average molecular weight is 381 g/mol. The Balaban J connectivity index is 1.73. The third-order valence-corrected chi connectivity index (χ3v) is 4.94. The molecule has 1 saturated heterocycles. The van der Waals surface area contributed by atoms with Gasteiger partial charge in [0.25, 0.3) is 11.8 Å². The Labute approximate surface area is 166 Å². The zero-order valence-electron chi connectivity index (χ0n) is 16.7. The van der Waals surface area contributed by atoms with E-state index < -0.39 is 0 Å². The minimum Gasteiger partial charge on any atom is -0.496 e. The maximum Gasteiger partial charge on any atom is 0.257 e. The zero-order valence-corrected chi connectivity index (χ0v) is 16.7. The average Bonchev–Trinajstić information content (AvgIpc) is 2.73. The maximum absolute atomic E-state index is 12.6. The van der Waals surface area contributed by atoms with E-state index in [2.05, 4.69) is 10.2 Å². The minimum atomic E-state index is -0.210. The first kappa shape index (κ1) is 19.7. The van der Waals surface area contributed by atoms with Gasteiger partial charge in [-0.3, -0.25) is 9.59 Å². The van der Waals surface area contributed by atoms with Crippen LogP contribution in [0.15, 0.2) is 42.5 Å². The van der Waals surface area contributed by atoms with Crippen molar-refractivity contribution >= 4 is 23.2 Å². The zero-order chi connectivity index (χ0) is 20.1. The highest BCUT2D eigenvalue weighted by molar-refractivity contribution is 6.05. The summed E-state index contributed by atoms with van der Waals surface area (Å²) in [4.78, 5) is 28.8. The van der Waals surface area contributed by atoms with E-state index in [9.17, 15) is 9.59 Å². The van der Waals surface area contributed by atoms with Crippen LogP contribution < -0.4 is 15.0 Å². The number of benzene rings is 2. The first-order chi connectivity index (χ1) is 13.5. The fraction of sp³-hybridized carbons (Fsp3) is 0.364. The molecule has 0 unspecified atom stereocenters. The van der Waals surface area contributed by atoms with Crippen LogP contribution in [-0.2, 0) is 0 Å². The number of carbonyl (C=O) groups excluding carboxylic acids is 2. The van der Waals surface area contributed by atoms with Crippen molar-refractivity contribution in [1.29, 1.82) is 0 Å². The Morgan fingerprint density at radius 2 is 1.68 bits per heavy atom. The van der Waals surface area contributed by atoms with Crippen LogP contribution in [0.4, 0.5) is 11.4 Å². The summed E-state index contributed by atoms with van der Waals surface area (Å²) in [6, 6.07) is 12.7. The van der Waals surface area contributed by atoms with Crippen LogP contribution in [0.2, 0.25) is 0 Å². The molecular formula is C22H27N3O3. The van der Waals surface area contributed by atoms with Crippen molar-refractivity contribution in [3.8, 4) is 5.75 Å². The molecule has 1 aliphatic rings. The predicted molar refractivity (Wildman–Crippen MR) is 111 cm³/mol. The number of hydrogen-bond donors (Lipinski definition) is 1. The van der Waals surface area contributed by atoms with Crippen LogP contribution >= 0.6 is 0 Å². The lowest BCUT2D eigenvalue weighted by molar-refractivity contribution is 0.0824. The first-order valence-corrected chi connectivity index (χ1v) is 9.55. The number of methoxy groups -OCH3 is 1. The van der Waals surface area contributed by atoms with Gasteiger partial charge in [-0.25, -0.2) is 0 Å². The molecule has 2 aromatic carbocycles. The highest BCUT2D eigenvalue weighted by Gasteiger charge is 2.16. The van der Waals surface area contributed by atoms with Gasteiger partial charge in [0.05, 0.1) is 12.7 Å². The molecule has 1 fully saturated rings. The van der Waals surface area contributed by atoms with Crippen LogP contribution in [0.5, 0.6) is 5.75 Å². The number of piperidine rings is 1. The third kappa shape index (κ3) is 4.44. The van der Waals surface area contributed by atoms with Crippen molar-refractivity contribution in [3.63, 3.8) is 0 Å². The van der Waals surface area contributed by atoms with Gasteiger partial charge in [0.15, 0.2) is 0 Å². The molecule has 6 nitrogen and oxygen atoms in total. The van der Waals surface area contributed by atoms with Crippen molar-refractivity contribution in [3.05, 3.63) is 53.6 Å². The summed E-state index contributed by atoms with van der Waals surface area (Å²) >= 11 is 0. The molecule has 0 atom stereocenters. The number of amides is 2. The Morgan fingerprint density at radius 3 is 2.29 bits per heavy atom. The molecule has 0 aromatic heterocycles. The molecule has 0 aliphatic carbocycles. The molecule has 1 N–H and O–H groups in total. The van der Waals surface area contributed by atoms with E-state index in [1.807, 2.05) is 24.3 Å². The number of hydrogen-bond acceptors (Lipinski definition) is 4. The van der Waals surface area contributed by atoms with Crippen molar-refractivity contribution in [1.82, 2.24) is 4.90 Å². The van der Waals surface area contributed by atoms with Crippen LogP contribution in [0, 0.1) is 0 Å². The Hall–Kier alpha value is -3.02. The molecule has 2 aromatic rings. The number of anilines is 2. The van der Waals surface area contributed by atoms with Gasteiger partial charge in [0.2, 0.25) is 0 Å². The van der Waals surface area contributed by atoms with E-state index in [0.29, 0.717) is 22.6 Å². The van der Waals surface area contributed by atoms with Crippen molar-refractivity contribution in [2.24, 2.45) is 0 Å². The number of rotatable bonds is 5. The lowest BCUT2D eigenvalue weighted by Crippen LogP contribution is -2.29. The van der Waals surface area contributed by atoms with E-state index in [-0.39, 0.29) is 11.8 Å². The number of carbonyl (C=O) groups is 2. The summed E-state index contributed by atoms with van der Waals surface area (Å²) in [5, 5.41) is 2.86. The lowest BCUT2D eigenvalue weighted by Gasteiger charge is -2.28. The summed E-state index contributed by atoms with van der Waals surface area (Å²) in [6.07, 6.45) is 3.72. The van der Waals surface area contributed by atoms with Crippen LogP contribution in [0.1, 0.15) is 40.0 Å². The van der Waals surface area contributed by atoms with Gasteiger partial charge < -0.3 is 19.9 Å². The molecule has 0 saturated carbocycles. The molecule has 1 aliphatic heterocycles. The molecular weight excluding hydrogens is 354 g/mol. The minimum absolute atomic E-state index is 0.182. The van der Waals surface area contributed by atoms with Crippen LogP contribution in [-0.4, -0.2) is 51.0 Å². The van der Waals surface area contributed by atoms with Gasteiger partial charge in [0, 0.05) is 44.1 Å². The highest BCUT2D eigenvalue weighted by atomic mass is 16.5. The molecule has 0 radical (unpaired) electrons. The topological polar surface area (TPSA) is 61.9 Å². The Kier molecular flexibility index (Phi) is 6.19. The smallest absolute Gasteiger partial charge is 0.257 e. The van der Waals surface area contributed by atoms with Crippen molar-refractivity contribution < 1.29 is 14.3 Å². The van der Waals surface area contributed by atoms with Gasteiger partial charge >= 0.3 is 0 Å². The molecule has 148 valence electrons. The van der Waals surface area contributed by atoms with Gasteiger partial charge in [-0.05, 0) is 61.7 Å². The summed E-state index contributed by atoms with van der Waals surface area (Å²) in [5.74, 6) is 0.0834. The highest BCUT2D eigenvalue weighted by Crippen LogP contribution is 2.25. The second-order valence-electron chi connectivity index (χ2n) is 7.16. The number of nitrogens with one attached hydrogen (secondary N) is 1. The van der Waals surface area contributed by atoms with E-state index in [1.165, 1.54) is 31.3 Å². The normalized spacial score (nSPS) is 13.8. The predicted octanol–water partition coefficient (Wildman–Crippen LogP) is 3.64. The first-order valence-electron chi connectivity index (χ1n) is 9.55. The quantitative estimate of drug-likeness (QED) is 0.859. The van der Waals surface area contributed by atoms with Crippen LogP contribution in [0.3, 0.4) is 0 Å². The van der Waals surface area contributed by atoms with E-state index in [0.717, 1.165) is 18.8 Å². The SMILES string of the molecule is COc1ccc(NC(=O)c2ccc(N3CCCCC3)cc2)cc1C(=O)N(C)C. The van der Waals surface area contributed by atoms with Gasteiger partial charge in [-0.1, -0.05) is 0 Å². The Morgan fingerprint density at radius 1 is 1.00 bits per heavy atom. The van der Waals surface area contributed by atoms with Gasteiger partial charge in [-0.2, -0.15) is 0 Å².